The number of hydrogen-bond acceptors (Lipinski definition) is 3. The van der Waals surface area contributed by atoms with E-state index in [2.05, 4.69) is 50.0 Å². The molecule has 94 valence electrons. The maximum absolute atomic E-state index is 4.44. The minimum Gasteiger partial charge on any atom is -0.356 e. The topological polar surface area (TPSA) is 34.0 Å². The monoisotopic (exact) mass is 306 g/mol. The molecule has 2 aromatic rings. The van der Waals surface area contributed by atoms with Crippen LogP contribution in [0.4, 0.5) is 5.82 Å². The van der Waals surface area contributed by atoms with Crippen LogP contribution in [0.2, 0.25) is 0 Å². The van der Waals surface area contributed by atoms with Gasteiger partial charge in [0.1, 0.15) is 5.82 Å². The highest BCUT2D eigenvalue weighted by atomic mass is 79.9. The molecule has 1 aliphatic heterocycles. The summed E-state index contributed by atoms with van der Waals surface area (Å²) in [4.78, 5) is 6.75. The van der Waals surface area contributed by atoms with Crippen LogP contribution in [-0.2, 0) is 6.54 Å². The molecule has 18 heavy (non-hydrogen) atoms. The second-order valence-electron chi connectivity index (χ2n) is 4.85. The van der Waals surface area contributed by atoms with Crippen molar-refractivity contribution in [3.05, 3.63) is 40.8 Å². The Bertz CT molecular complexity index is 528. The highest BCUT2D eigenvalue weighted by molar-refractivity contribution is 9.10. The Labute approximate surface area is 115 Å². The van der Waals surface area contributed by atoms with E-state index >= 15 is 0 Å². The van der Waals surface area contributed by atoms with Crippen molar-refractivity contribution < 1.29 is 0 Å². The minimum absolute atomic E-state index is 0.667. The lowest BCUT2D eigenvalue weighted by Crippen LogP contribution is -2.49. The Morgan fingerprint density at radius 3 is 2.78 bits per heavy atom. The average Bonchev–Trinajstić information content (AvgIpc) is 2.71. The van der Waals surface area contributed by atoms with E-state index in [4.69, 9.17) is 0 Å². The molecule has 1 saturated heterocycles. The number of anilines is 1. The first-order chi connectivity index (χ1) is 8.70. The summed E-state index contributed by atoms with van der Waals surface area (Å²) in [5.41, 5.74) is 1.21. The van der Waals surface area contributed by atoms with Gasteiger partial charge < -0.3 is 4.90 Å². The van der Waals surface area contributed by atoms with Crippen molar-refractivity contribution in [3.8, 4) is 0 Å². The van der Waals surface area contributed by atoms with Gasteiger partial charge >= 0.3 is 0 Å². The summed E-state index contributed by atoms with van der Waals surface area (Å²) < 4.78 is 3.04. The second-order valence-corrected chi connectivity index (χ2v) is 5.76. The van der Waals surface area contributed by atoms with E-state index in [0.29, 0.717) is 5.92 Å². The molecule has 0 bridgehead atoms. The molecule has 5 heteroatoms. The molecular weight excluding hydrogens is 292 g/mol. The van der Waals surface area contributed by atoms with Crippen LogP contribution in [0.3, 0.4) is 0 Å². The number of nitrogens with zero attached hydrogens (tertiary/aromatic N) is 4. The van der Waals surface area contributed by atoms with Crippen molar-refractivity contribution in [2.45, 2.75) is 13.5 Å². The van der Waals surface area contributed by atoms with Crippen molar-refractivity contribution in [2.75, 3.05) is 18.0 Å². The maximum Gasteiger partial charge on any atom is 0.128 e. The average molecular weight is 307 g/mol. The number of aryl methyl sites for hydroxylation is 1. The fourth-order valence-electron chi connectivity index (χ4n) is 2.22. The standard InChI is InChI=1S/C13H15BrN4/c1-10-2-3-13(15-4-10)17-6-11(7-17)8-18-9-12(14)5-16-18/h2-5,9,11H,6-8H2,1H3. The lowest BCUT2D eigenvalue weighted by molar-refractivity contribution is 0.340. The van der Waals surface area contributed by atoms with Crippen molar-refractivity contribution >= 4 is 21.7 Å². The highest BCUT2D eigenvalue weighted by Gasteiger charge is 2.27. The predicted molar refractivity (Wildman–Crippen MR) is 74.6 cm³/mol. The second kappa shape index (κ2) is 4.72. The summed E-state index contributed by atoms with van der Waals surface area (Å²) in [6.45, 7) is 5.17. The van der Waals surface area contributed by atoms with E-state index in [1.54, 1.807) is 0 Å². The first-order valence-corrected chi connectivity index (χ1v) is 6.85. The number of rotatable bonds is 3. The van der Waals surface area contributed by atoms with Gasteiger partial charge in [0.25, 0.3) is 0 Å². The largest absolute Gasteiger partial charge is 0.356 e. The fraction of sp³-hybridized carbons (Fsp3) is 0.385. The minimum atomic E-state index is 0.667. The molecule has 0 N–H and O–H groups in total. The number of halogens is 1. The molecule has 0 saturated carbocycles. The van der Waals surface area contributed by atoms with Gasteiger partial charge in [-0.05, 0) is 34.5 Å². The van der Waals surface area contributed by atoms with Crippen LogP contribution < -0.4 is 4.90 Å². The highest BCUT2D eigenvalue weighted by Crippen LogP contribution is 2.24. The van der Waals surface area contributed by atoms with Gasteiger partial charge in [0.15, 0.2) is 0 Å². The van der Waals surface area contributed by atoms with Crippen LogP contribution in [0.25, 0.3) is 0 Å². The molecule has 0 aromatic carbocycles. The molecule has 4 nitrogen and oxygen atoms in total. The smallest absolute Gasteiger partial charge is 0.128 e. The van der Waals surface area contributed by atoms with E-state index in [9.17, 15) is 0 Å². The van der Waals surface area contributed by atoms with E-state index in [1.165, 1.54) is 5.56 Å². The lowest BCUT2D eigenvalue weighted by atomic mass is 10.0. The molecule has 0 atom stereocenters. The Hall–Kier alpha value is -1.36. The SMILES string of the molecule is Cc1ccc(N2CC(Cn3cc(Br)cn3)C2)nc1. The summed E-state index contributed by atoms with van der Waals surface area (Å²) in [5, 5.41) is 4.28. The molecule has 0 aliphatic carbocycles. The van der Waals surface area contributed by atoms with Gasteiger partial charge in [-0.3, -0.25) is 4.68 Å². The van der Waals surface area contributed by atoms with E-state index in [1.807, 2.05) is 23.3 Å². The molecule has 1 aliphatic rings. The van der Waals surface area contributed by atoms with Crippen molar-refractivity contribution in [3.63, 3.8) is 0 Å². The van der Waals surface area contributed by atoms with Gasteiger partial charge in [-0.15, -0.1) is 0 Å². The van der Waals surface area contributed by atoms with E-state index < -0.39 is 0 Å². The third-order valence-electron chi connectivity index (χ3n) is 3.22. The molecule has 2 aromatic heterocycles. The number of aromatic nitrogens is 3. The molecule has 0 spiro atoms. The van der Waals surface area contributed by atoms with Crippen LogP contribution in [0.5, 0.6) is 0 Å². The summed E-state index contributed by atoms with van der Waals surface area (Å²) in [6.07, 6.45) is 5.78. The third kappa shape index (κ3) is 2.41. The molecule has 3 rings (SSSR count). The summed E-state index contributed by atoms with van der Waals surface area (Å²) in [5.74, 6) is 1.75. The van der Waals surface area contributed by atoms with E-state index in [0.717, 1.165) is 29.9 Å². The molecular formula is C13H15BrN4. The van der Waals surface area contributed by atoms with Crippen LogP contribution in [0, 0.1) is 12.8 Å². The Morgan fingerprint density at radius 1 is 1.33 bits per heavy atom. The van der Waals surface area contributed by atoms with Gasteiger partial charge in [-0.1, -0.05) is 6.07 Å². The summed E-state index contributed by atoms with van der Waals surface area (Å²) in [6, 6.07) is 4.20. The van der Waals surface area contributed by atoms with Gasteiger partial charge in [-0.2, -0.15) is 5.10 Å². The Kier molecular flexibility index (Phi) is 3.07. The van der Waals surface area contributed by atoms with Crippen molar-refractivity contribution in [1.82, 2.24) is 14.8 Å². The van der Waals surface area contributed by atoms with Crippen LogP contribution in [0.1, 0.15) is 5.56 Å². The maximum atomic E-state index is 4.44. The fourth-order valence-corrected chi connectivity index (χ4v) is 2.55. The quantitative estimate of drug-likeness (QED) is 0.873. The first kappa shape index (κ1) is 11.7. The number of hydrogen-bond donors (Lipinski definition) is 0. The Balaban J connectivity index is 1.55. The molecule has 0 amide bonds. The molecule has 0 radical (unpaired) electrons. The van der Waals surface area contributed by atoms with E-state index in [-0.39, 0.29) is 0 Å². The van der Waals surface area contributed by atoms with Crippen LogP contribution in [0.15, 0.2) is 35.2 Å². The zero-order valence-electron chi connectivity index (χ0n) is 10.3. The molecule has 3 heterocycles. The van der Waals surface area contributed by atoms with Gasteiger partial charge in [0, 0.05) is 37.9 Å². The summed E-state index contributed by atoms with van der Waals surface area (Å²) >= 11 is 3.41. The van der Waals surface area contributed by atoms with Gasteiger partial charge in [0.2, 0.25) is 0 Å². The number of pyridine rings is 1. The third-order valence-corrected chi connectivity index (χ3v) is 3.63. The van der Waals surface area contributed by atoms with Crippen LogP contribution in [-0.4, -0.2) is 27.9 Å². The Morgan fingerprint density at radius 2 is 2.17 bits per heavy atom. The van der Waals surface area contributed by atoms with Crippen molar-refractivity contribution in [1.29, 1.82) is 0 Å². The van der Waals surface area contributed by atoms with Gasteiger partial charge in [0.05, 0.1) is 10.7 Å². The lowest BCUT2D eigenvalue weighted by Gasteiger charge is -2.40. The molecule has 0 unspecified atom stereocenters. The molecule has 1 fully saturated rings. The predicted octanol–water partition coefficient (Wildman–Crippen LogP) is 2.49. The summed E-state index contributed by atoms with van der Waals surface area (Å²) in [7, 11) is 0. The normalized spacial score (nSPS) is 15.8. The van der Waals surface area contributed by atoms with Crippen LogP contribution >= 0.6 is 15.9 Å². The first-order valence-electron chi connectivity index (χ1n) is 6.06. The van der Waals surface area contributed by atoms with Gasteiger partial charge in [-0.25, -0.2) is 4.98 Å². The zero-order valence-corrected chi connectivity index (χ0v) is 11.8. The zero-order chi connectivity index (χ0) is 12.5. The van der Waals surface area contributed by atoms with Crippen molar-refractivity contribution in [2.24, 2.45) is 5.92 Å².